The third kappa shape index (κ3) is 10.9. The van der Waals surface area contributed by atoms with E-state index in [-0.39, 0.29) is 25.0 Å². The molecular formula is C36H37ClF3N9O4. The number of aryl methyl sites for hydroxylation is 1. The van der Waals surface area contributed by atoms with E-state index in [4.69, 9.17) is 21.7 Å². The quantitative estimate of drug-likeness (QED) is 0.0652. The molecule has 0 atom stereocenters. The summed E-state index contributed by atoms with van der Waals surface area (Å²) >= 11 is 6.03. The van der Waals surface area contributed by atoms with Gasteiger partial charge < -0.3 is 36.7 Å². The van der Waals surface area contributed by atoms with Crippen molar-refractivity contribution in [3.8, 4) is 6.01 Å². The maximum absolute atomic E-state index is 12.9. The Kier molecular flexibility index (Phi) is 11.5. The first-order valence-corrected chi connectivity index (χ1v) is 16.8. The molecule has 3 aromatic carbocycles. The van der Waals surface area contributed by atoms with Gasteiger partial charge in [-0.05, 0) is 90.4 Å². The van der Waals surface area contributed by atoms with Gasteiger partial charge in [0.2, 0.25) is 11.9 Å². The summed E-state index contributed by atoms with van der Waals surface area (Å²) in [6, 6.07) is 17.8. The molecule has 6 N–H and O–H groups in total. The second-order valence-corrected chi connectivity index (χ2v) is 13.7. The molecule has 0 aliphatic heterocycles. The first-order valence-electron chi connectivity index (χ1n) is 16.4. The zero-order valence-corrected chi connectivity index (χ0v) is 29.7. The van der Waals surface area contributed by atoms with E-state index in [1.54, 1.807) is 56.3 Å². The molecule has 13 nitrogen and oxygen atoms in total. The van der Waals surface area contributed by atoms with Gasteiger partial charge in [-0.3, -0.25) is 14.4 Å². The van der Waals surface area contributed by atoms with Crippen molar-refractivity contribution in [3.05, 3.63) is 94.0 Å². The Balaban J connectivity index is 1.17. The zero-order valence-electron chi connectivity index (χ0n) is 29.0. The van der Waals surface area contributed by atoms with Crippen LogP contribution in [0, 0.1) is 17.7 Å². The van der Waals surface area contributed by atoms with Crippen LogP contribution in [0.2, 0.25) is 5.02 Å². The fourth-order valence-electron chi connectivity index (χ4n) is 5.05. The molecular weight excluding hydrogens is 715 g/mol. The first-order chi connectivity index (χ1) is 25.0. The maximum atomic E-state index is 12.9. The average molecular weight is 752 g/mol. The predicted molar refractivity (Wildman–Crippen MR) is 194 cm³/mol. The molecule has 1 fully saturated rings. The van der Waals surface area contributed by atoms with Crippen LogP contribution in [0.5, 0.6) is 6.01 Å². The highest BCUT2D eigenvalue weighted by Gasteiger charge is 2.45. The van der Waals surface area contributed by atoms with Crippen LogP contribution < -0.4 is 31.3 Å². The van der Waals surface area contributed by atoms with Crippen molar-refractivity contribution < 1.29 is 32.3 Å². The van der Waals surface area contributed by atoms with Crippen molar-refractivity contribution >= 4 is 58.8 Å². The normalized spacial score (nSPS) is 13.3. The number of halogens is 4. The highest BCUT2D eigenvalue weighted by atomic mass is 35.5. The van der Waals surface area contributed by atoms with Crippen LogP contribution in [0.15, 0.2) is 66.7 Å². The molecule has 1 aliphatic carbocycles. The number of amides is 3. The van der Waals surface area contributed by atoms with Crippen molar-refractivity contribution in [2.24, 2.45) is 5.41 Å². The van der Waals surface area contributed by atoms with Gasteiger partial charge in [-0.15, -0.1) is 0 Å². The number of hydrogen-bond donors (Lipinski definition) is 6. The Labute approximate surface area is 308 Å². The summed E-state index contributed by atoms with van der Waals surface area (Å²) in [6.07, 6.45) is -1.99. The summed E-state index contributed by atoms with van der Waals surface area (Å²) in [5.74, 6) is -2.19. The number of anilines is 4. The van der Waals surface area contributed by atoms with E-state index in [1.165, 1.54) is 12.1 Å². The Morgan fingerprint density at radius 3 is 2.17 bits per heavy atom. The highest BCUT2D eigenvalue weighted by Crippen LogP contribution is 2.48. The van der Waals surface area contributed by atoms with Crippen LogP contribution in [-0.4, -0.2) is 64.8 Å². The lowest BCUT2D eigenvalue weighted by atomic mass is 9.93. The molecule has 1 saturated carbocycles. The Morgan fingerprint density at radius 1 is 0.887 bits per heavy atom. The van der Waals surface area contributed by atoms with Gasteiger partial charge in [0.05, 0.1) is 5.54 Å². The number of hydrogen-bond acceptors (Lipinski definition) is 10. The number of aromatic nitrogens is 3. The van der Waals surface area contributed by atoms with Crippen molar-refractivity contribution in [1.29, 1.82) is 5.41 Å². The Bertz CT molecular complexity index is 1990. The molecule has 1 aromatic heterocycles. The van der Waals surface area contributed by atoms with E-state index in [9.17, 15) is 27.6 Å². The second kappa shape index (κ2) is 15.9. The van der Waals surface area contributed by atoms with Crippen LogP contribution >= 0.6 is 11.6 Å². The van der Waals surface area contributed by atoms with E-state index in [1.807, 2.05) is 19.1 Å². The summed E-state index contributed by atoms with van der Waals surface area (Å²) in [5.41, 5.74) is 2.35. The molecule has 5 rings (SSSR count). The third-order valence-electron chi connectivity index (χ3n) is 8.23. The number of nitrogens with one attached hydrogen (secondary N) is 6. The first kappa shape index (κ1) is 38.5. The highest BCUT2D eigenvalue weighted by molar-refractivity contribution is 6.39. The summed E-state index contributed by atoms with van der Waals surface area (Å²) < 4.78 is 43.6. The zero-order chi connectivity index (χ0) is 38.4. The van der Waals surface area contributed by atoms with E-state index in [0.717, 1.165) is 30.2 Å². The monoisotopic (exact) mass is 751 g/mol. The van der Waals surface area contributed by atoms with Crippen molar-refractivity contribution in [1.82, 2.24) is 25.6 Å². The van der Waals surface area contributed by atoms with E-state index >= 15 is 0 Å². The average Bonchev–Trinajstić information content (AvgIpc) is 3.90. The van der Waals surface area contributed by atoms with Gasteiger partial charge in [0.15, 0.2) is 6.61 Å². The second-order valence-electron chi connectivity index (χ2n) is 13.3. The van der Waals surface area contributed by atoms with Crippen LogP contribution in [0.4, 0.5) is 36.4 Å². The lowest BCUT2D eigenvalue weighted by Crippen LogP contribution is -2.44. The van der Waals surface area contributed by atoms with Gasteiger partial charge in [-0.25, -0.2) is 0 Å². The number of carbonyl (C=O) groups is 3. The molecule has 0 bridgehead atoms. The molecule has 0 saturated heterocycles. The fourth-order valence-corrected chi connectivity index (χ4v) is 5.18. The molecule has 4 aromatic rings. The predicted octanol–water partition coefficient (Wildman–Crippen LogP) is 6.13. The summed E-state index contributed by atoms with van der Waals surface area (Å²) in [7, 11) is 0. The van der Waals surface area contributed by atoms with Gasteiger partial charge >= 0.3 is 24.0 Å². The lowest BCUT2D eigenvalue weighted by Gasteiger charge is -2.25. The molecule has 0 spiro atoms. The van der Waals surface area contributed by atoms with Crippen molar-refractivity contribution in [3.63, 3.8) is 0 Å². The van der Waals surface area contributed by atoms with Gasteiger partial charge in [-0.1, -0.05) is 43.6 Å². The summed E-state index contributed by atoms with van der Waals surface area (Å²) in [6.45, 7) is 4.09. The van der Waals surface area contributed by atoms with Crippen molar-refractivity contribution in [2.45, 2.75) is 45.3 Å². The van der Waals surface area contributed by atoms with Crippen LogP contribution in [-0.2, 0) is 15.1 Å². The Morgan fingerprint density at radius 2 is 1.53 bits per heavy atom. The number of nitrogens with zero attached hydrogens (tertiary/aromatic N) is 3. The lowest BCUT2D eigenvalue weighted by molar-refractivity contribution is -0.154. The standard InChI is InChI=1S/C36H37ClF3N9O4/c1-21-4-11-27(16-23(21)17-41)44-30(52)29(51)43-19-34(2,3)18-42-28(50)22-5-12-26(13-6-22)45-31-46-32(48-33(47-31)53-20-36(38,39)40)49-35(14-15-35)24-7-9-25(37)10-8-24/h4-13,16-17,41H,14-15,18-20H2,1-3H3,(H,42,50)(H,43,51)(H,44,52)(H2,45,46,47,48,49). The molecule has 278 valence electrons. The summed E-state index contributed by atoms with van der Waals surface area (Å²) in [4.78, 5) is 50.2. The van der Waals surface area contributed by atoms with Gasteiger partial charge in [0.1, 0.15) is 0 Å². The maximum Gasteiger partial charge on any atom is 0.422 e. The molecule has 0 unspecified atom stereocenters. The molecule has 1 heterocycles. The largest absolute Gasteiger partial charge is 0.454 e. The van der Waals surface area contributed by atoms with Gasteiger partial charge in [-0.2, -0.15) is 28.1 Å². The number of alkyl halides is 3. The number of carbonyl (C=O) groups excluding carboxylic acids is 3. The topological polar surface area (TPSA) is 183 Å². The van der Waals surface area contributed by atoms with E-state index in [2.05, 4.69) is 41.5 Å². The van der Waals surface area contributed by atoms with Crippen LogP contribution in [0.25, 0.3) is 0 Å². The Hall–Kier alpha value is -5.77. The smallest absolute Gasteiger partial charge is 0.422 e. The molecule has 53 heavy (non-hydrogen) atoms. The molecule has 0 radical (unpaired) electrons. The fraction of sp³-hybridized carbons (Fsp3) is 0.306. The molecule has 1 aliphatic rings. The van der Waals surface area contributed by atoms with Crippen molar-refractivity contribution in [2.75, 3.05) is 35.6 Å². The van der Waals surface area contributed by atoms with Crippen LogP contribution in [0.3, 0.4) is 0 Å². The SMILES string of the molecule is Cc1ccc(NC(=O)C(=O)NCC(C)(C)CNC(=O)c2ccc(Nc3nc(NC4(c5ccc(Cl)cc5)CC4)nc(OCC(F)(F)F)n3)cc2)cc1C=N. The minimum Gasteiger partial charge on any atom is -0.454 e. The summed E-state index contributed by atoms with van der Waals surface area (Å²) in [5, 5.41) is 22.1. The third-order valence-corrected chi connectivity index (χ3v) is 8.49. The minimum absolute atomic E-state index is 0.00599. The van der Waals surface area contributed by atoms with E-state index in [0.29, 0.717) is 27.5 Å². The number of ether oxygens (including phenoxy) is 1. The number of benzene rings is 3. The van der Waals surface area contributed by atoms with Crippen LogP contribution in [0.1, 0.15) is 53.7 Å². The van der Waals surface area contributed by atoms with Gasteiger partial charge in [0.25, 0.3) is 5.91 Å². The number of rotatable bonds is 14. The minimum atomic E-state index is -4.61. The van der Waals surface area contributed by atoms with Gasteiger partial charge in [0, 0.05) is 41.3 Å². The molecule has 3 amide bonds. The van der Waals surface area contributed by atoms with E-state index < -0.39 is 47.5 Å². The molecule has 17 heteroatoms.